The van der Waals surface area contributed by atoms with Gasteiger partial charge in [-0.1, -0.05) is 24.3 Å². The van der Waals surface area contributed by atoms with E-state index in [1.165, 1.54) is 0 Å². The quantitative estimate of drug-likeness (QED) is 0.629. The van der Waals surface area contributed by atoms with Gasteiger partial charge in [0.1, 0.15) is 0 Å². The second-order valence-corrected chi connectivity index (χ2v) is 4.13. The van der Waals surface area contributed by atoms with Crippen LogP contribution in [0.2, 0.25) is 0 Å². The van der Waals surface area contributed by atoms with Crippen LogP contribution in [0, 0.1) is 17.0 Å². The number of aryl methyl sites for hydroxylation is 1. The first kappa shape index (κ1) is 13.4. The molecule has 0 aliphatic carbocycles. The first-order chi connectivity index (χ1) is 8.04. The van der Waals surface area contributed by atoms with Gasteiger partial charge >= 0.3 is 0 Å². The van der Waals surface area contributed by atoms with Gasteiger partial charge in [-0.15, -0.1) is 0 Å². The highest BCUT2D eigenvalue weighted by atomic mass is 16.6. The molecule has 4 nitrogen and oxygen atoms in total. The van der Waals surface area contributed by atoms with Gasteiger partial charge in [0, 0.05) is 17.7 Å². The lowest BCUT2D eigenvalue weighted by Gasteiger charge is -2.05. The minimum absolute atomic E-state index is 0.175. The van der Waals surface area contributed by atoms with E-state index >= 15 is 0 Å². The molecule has 1 N–H and O–H groups in total. The SMILES string of the molecule is CNC(C)C/C=C/c1ccc(C)c([N+](=O)[O-])c1. The number of hydrogen-bond donors (Lipinski definition) is 1. The van der Waals surface area contributed by atoms with Gasteiger partial charge in [0.05, 0.1) is 4.92 Å². The Morgan fingerprint density at radius 1 is 1.53 bits per heavy atom. The van der Waals surface area contributed by atoms with Gasteiger partial charge in [-0.3, -0.25) is 10.1 Å². The molecular weight excluding hydrogens is 216 g/mol. The molecule has 1 aromatic carbocycles. The van der Waals surface area contributed by atoms with Crippen LogP contribution in [-0.4, -0.2) is 18.0 Å². The summed E-state index contributed by atoms with van der Waals surface area (Å²) in [5.41, 5.74) is 1.73. The predicted octanol–water partition coefficient (Wildman–Crippen LogP) is 2.91. The fourth-order valence-corrected chi connectivity index (χ4v) is 1.45. The second-order valence-electron chi connectivity index (χ2n) is 4.13. The first-order valence-electron chi connectivity index (χ1n) is 5.63. The van der Waals surface area contributed by atoms with E-state index < -0.39 is 0 Å². The molecule has 1 rings (SSSR count). The normalized spacial score (nSPS) is 12.9. The molecule has 0 saturated carbocycles. The monoisotopic (exact) mass is 234 g/mol. The largest absolute Gasteiger partial charge is 0.317 e. The Morgan fingerprint density at radius 3 is 2.82 bits per heavy atom. The van der Waals surface area contributed by atoms with Crippen molar-refractivity contribution < 1.29 is 4.92 Å². The summed E-state index contributed by atoms with van der Waals surface area (Å²) in [4.78, 5) is 10.4. The van der Waals surface area contributed by atoms with E-state index in [0.29, 0.717) is 11.6 Å². The molecule has 1 unspecified atom stereocenters. The van der Waals surface area contributed by atoms with Crippen LogP contribution >= 0.6 is 0 Å². The van der Waals surface area contributed by atoms with Crippen molar-refractivity contribution in [1.82, 2.24) is 5.32 Å². The molecule has 0 aliphatic heterocycles. The lowest BCUT2D eigenvalue weighted by molar-refractivity contribution is -0.385. The summed E-state index contributed by atoms with van der Waals surface area (Å²) in [6.07, 6.45) is 4.84. The number of nitro groups is 1. The molecule has 0 bridgehead atoms. The van der Waals surface area contributed by atoms with Crippen molar-refractivity contribution in [3.05, 3.63) is 45.5 Å². The average molecular weight is 234 g/mol. The molecule has 1 atom stereocenters. The zero-order valence-electron chi connectivity index (χ0n) is 10.4. The lowest BCUT2D eigenvalue weighted by Crippen LogP contribution is -2.19. The minimum atomic E-state index is -0.344. The summed E-state index contributed by atoms with van der Waals surface area (Å²) in [5.74, 6) is 0. The summed E-state index contributed by atoms with van der Waals surface area (Å²) in [6, 6.07) is 5.68. The van der Waals surface area contributed by atoms with E-state index in [9.17, 15) is 10.1 Å². The van der Waals surface area contributed by atoms with Crippen LogP contribution in [0.25, 0.3) is 6.08 Å². The Hall–Kier alpha value is -1.68. The molecule has 0 radical (unpaired) electrons. The maximum Gasteiger partial charge on any atom is 0.272 e. The number of nitrogens with zero attached hydrogens (tertiary/aromatic N) is 1. The van der Waals surface area contributed by atoms with Crippen LogP contribution in [-0.2, 0) is 0 Å². The van der Waals surface area contributed by atoms with Crippen molar-refractivity contribution in [3.63, 3.8) is 0 Å². The summed E-state index contributed by atoms with van der Waals surface area (Å²) in [6.45, 7) is 3.83. The third-order valence-electron chi connectivity index (χ3n) is 2.72. The van der Waals surface area contributed by atoms with E-state index in [1.54, 1.807) is 19.1 Å². The third kappa shape index (κ3) is 4.00. The van der Waals surface area contributed by atoms with E-state index in [-0.39, 0.29) is 10.6 Å². The highest BCUT2D eigenvalue weighted by Crippen LogP contribution is 2.20. The summed E-state index contributed by atoms with van der Waals surface area (Å²) < 4.78 is 0. The predicted molar refractivity (Wildman–Crippen MR) is 70.0 cm³/mol. The van der Waals surface area contributed by atoms with Gasteiger partial charge in [0.15, 0.2) is 0 Å². The third-order valence-corrected chi connectivity index (χ3v) is 2.72. The van der Waals surface area contributed by atoms with Crippen LogP contribution in [0.4, 0.5) is 5.69 Å². The van der Waals surface area contributed by atoms with E-state index in [1.807, 2.05) is 25.3 Å². The van der Waals surface area contributed by atoms with Crippen molar-refractivity contribution in [2.75, 3.05) is 7.05 Å². The average Bonchev–Trinajstić information content (AvgIpc) is 2.30. The summed E-state index contributed by atoms with van der Waals surface area (Å²) in [5, 5.41) is 13.9. The molecule has 0 spiro atoms. The van der Waals surface area contributed by atoms with Crippen LogP contribution in [0.3, 0.4) is 0 Å². The van der Waals surface area contributed by atoms with Crippen LogP contribution < -0.4 is 5.32 Å². The molecular formula is C13H18N2O2. The first-order valence-corrected chi connectivity index (χ1v) is 5.63. The van der Waals surface area contributed by atoms with Crippen molar-refractivity contribution in [1.29, 1.82) is 0 Å². The molecule has 0 heterocycles. The van der Waals surface area contributed by atoms with Crippen molar-refractivity contribution in [2.45, 2.75) is 26.3 Å². The number of hydrogen-bond acceptors (Lipinski definition) is 3. The van der Waals surface area contributed by atoms with Crippen molar-refractivity contribution >= 4 is 11.8 Å². The lowest BCUT2D eigenvalue weighted by atomic mass is 10.1. The molecule has 17 heavy (non-hydrogen) atoms. The van der Waals surface area contributed by atoms with Gasteiger partial charge in [0.2, 0.25) is 0 Å². The number of benzene rings is 1. The maximum atomic E-state index is 10.8. The van der Waals surface area contributed by atoms with E-state index in [4.69, 9.17) is 0 Å². The van der Waals surface area contributed by atoms with Crippen LogP contribution in [0.15, 0.2) is 24.3 Å². The summed E-state index contributed by atoms with van der Waals surface area (Å²) in [7, 11) is 1.91. The fraction of sp³-hybridized carbons (Fsp3) is 0.385. The van der Waals surface area contributed by atoms with Gasteiger partial charge in [0.25, 0.3) is 5.69 Å². The van der Waals surface area contributed by atoms with Gasteiger partial charge < -0.3 is 5.32 Å². The molecule has 0 aliphatic rings. The van der Waals surface area contributed by atoms with E-state index in [0.717, 1.165) is 12.0 Å². The molecule has 0 saturated heterocycles. The Kier molecular flexibility index (Phi) is 4.84. The summed E-state index contributed by atoms with van der Waals surface area (Å²) >= 11 is 0. The molecule has 4 heteroatoms. The van der Waals surface area contributed by atoms with Crippen molar-refractivity contribution in [2.24, 2.45) is 0 Å². The van der Waals surface area contributed by atoms with Crippen molar-refractivity contribution in [3.8, 4) is 0 Å². The minimum Gasteiger partial charge on any atom is -0.317 e. The van der Waals surface area contributed by atoms with Gasteiger partial charge in [-0.25, -0.2) is 0 Å². The molecule has 92 valence electrons. The maximum absolute atomic E-state index is 10.8. The van der Waals surface area contributed by atoms with Gasteiger partial charge in [-0.2, -0.15) is 0 Å². The second kappa shape index (κ2) is 6.15. The molecule has 1 aromatic rings. The molecule has 0 fully saturated rings. The Balaban J connectivity index is 2.79. The Bertz CT molecular complexity index is 427. The molecule has 0 amide bonds. The zero-order chi connectivity index (χ0) is 12.8. The van der Waals surface area contributed by atoms with Crippen LogP contribution in [0.5, 0.6) is 0 Å². The standard InChI is InChI=1S/C13H18N2O2/c1-10-7-8-12(9-13(10)15(16)17)6-4-5-11(2)14-3/h4,6-9,11,14H,5H2,1-3H3/b6-4+. The molecule has 0 aromatic heterocycles. The fourth-order valence-electron chi connectivity index (χ4n) is 1.45. The highest BCUT2D eigenvalue weighted by molar-refractivity contribution is 5.55. The number of nitro benzene ring substituents is 1. The van der Waals surface area contributed by atoms with E-state index in [2.05, 4.69) is 12.2 Å². The van der Waals surface area contributed by atoms with Crippen LogP contribution in [0.1, 0.15) is 24.5 Å². The smallest absolute Gasteiger partial charge is 0.272 e. The van der Waals surface area contributed by atoms with Gasteiger partial charge in [-0.05, 0) is 32.9 Å². The number of rotatable bonds is 5. The topological polar surface area (TPSA) is 55.2 Å². The number of nitrogens with one attached hydrogen (secondary N) is 1. The highest BCUT2D eigenvalue weighted by Gasteiger charge is 2.09. The Morgan fingerprint density at radius 2 is 2.24 bits per heavy atom. The zero-order valence-corrected chi connectivity index (χ0v) is 10.4. The Labute approximate surface area is 101 Å².